The van der Waals surface area contributed by atoms with Gasteiger partial charge in [-0.15, -0.1) is 0 Å². The summed E-state index contributed by atoms with van der Waals surface area (Å²) in [4.78, 5) is 28.8. The molecule has 1 N–H and O–H groups in total. The first-order chi connectivity index (χ1) is 14.8. The fraction of sp³-hybridized carbons (Fsp3) is 0.208. The van der Waals surface area contributed by atoms with Crippen molar-refractivity contribution in [1.29, 1.82) is 0 Å². The van der Waals surface area contributed by atoms with E-state index >= 15 is 0 Å². The molecule has 0 spiro atoms. The minimum Gasteiger partial charge on any atom is -0.494 e. The van der Waals surface area contributed by atoms with Crippen molar-refractivity contribution >= 4 is 11.7 Å². The predicted molar refractivity (Wildman–Crippen MR) is 115 cm³/mol. The lowest BCUT2D eigenvalue weighted by atomic mass is 9.91. The number of ether oxygens (including phenoxy) is 1. The lowest BCUT2D eigenvalue weighted by molar-refractivity contribution is -0.137. The van der Waals surface area contributed by atoms with E-state index in [0.717, 1.165) is 11.1 Å². The van der Waals surface area contributed by atoms with Gasteiger partial charge < -0.3 is 14.4 Å². The van der Waals surface area contributed by atoms with Crippen LogP contribution in [0.25, 0.3) is 11.1 Å². The number of nitrogens with zero attached hydrogens (tertiary/aromatic N) is 2. The van der Waals surface area contributed by atoms with E-state index < -0.39 is 17.8 Å². The average molecular weight is 420 g/mol. The molecule has 3 aromatic rings. The summed E-state index contributed by atoms with van der Waals surface area (Å²) in [6.45, 7) is 1.96. The fourth-order valence-electron chi connectivity index (χ4n) is 3.83. The number of benzene rings is 2. The Kier molecular flexibility index (Phi) is 5.19. The van der Waals surface area contributed by atoms with Crippen LogP contribution in [0.1, 0.15) is 34.7 Å². The van der Waals surface area contributed by atoms with Gasteiger partial charge in [0.15, 0.2) is 11.6 Å². The fourth-order valence-corrected chi connectivity index (χ4v) is 3.83. The summed E-state index contributed by atoms with van der Waals surface area (Å²) in [7, 11) is 2.98. The van der Waals surface area contributed by atoms with Gasteiger partial charge in [-0.2, -0.15) is 0 Å². The van der Waals surface area contributed by atoms with Crippen LogP contribution in [0.5, 0.6) is 5.75 Å². The Labute approximate surface area is 178 Å². The standard InChI is InChI=1S/C24H21FN2O4/c1-13-4-6-14(7-5-13)24-17-9-21(31-3)19(25)8-15(17)18-12-27(2)22(28)10-16(18)20(26-24)11-23(29)30/h4-10,12,20H,11H2,1-3H3,(H,29,30)/t20-/m0/s1. The zero-order chi connectivity index (χ0) is 22.3. The molecule has 31 heavy (non-hydrogen) atoms. The monoisotopic (exact) mass is 420 g/mol. The minimum atomic E-state index is -1.04. The molecule has 1 atom stereocenters. The van der Waals surface area contributed by atoms with Gasteiger partial charge in [0, 0.05) is 36.0 Å². The van der Waals surface area contributed by atoms with Crippen molar-refractivity contribution in [3.05, 3.63) is 87.1 Å². The van der Waals surface area contributed by atoms with Crippen molar-refractivity contribution in [2.45, 2.75) is 19.4 Å². The molecule has 1 aromatic heterocycles. The van der Waals surface area contributed by atoms with E-state index in [2.05, 4.69) is 0 Å². The number of aromatic nitrogens is 1. The summed E-state index contributed by atoms with van der Waals surface area (Å²) in [5, 5.41) is 9.51. The summed E-state index contributed by atoms with van der Waals surface area (Å²) in [5.41, 5.74) is 4.20. The minimum absolute atomic E-state index is 0.0571. The van der Waals surface area contributed by atoms with Crippen molar-refractivity contribution in [2.24, 2.45) is 12.0 Å². The molecular weight excluding hydrogens is 399 g/mol. The van der Waals surface area contributed by atoms with Crippen LogP contribution in [0.2, 0.25) is 0 Å². The third kappa shape index (κ3) is 3.74. The van der Waals surface area contributed by atoms with Crippen molar-refractivity contribution < 1.29 is 19.0 Å². The van der Waals surface area contributed by atoms with Crippen LogP contribution in [0.3, 0.4) is 0 Å². The number of methoxy groups -OCH3 is 1. The molecule has 7 heteroatoms. The van der Waals surface area contributed by atoms with Crippen LogP contribution in [0.15, 0.2) is 58.4 Å². The van der Waals surface area contributed by atoms with E-state index in [-0.39, 0.29) is 17.7 Å². The van der Waals surface area contributed by atoms with Gasteiger partial charge in [-0.25, -0.2) is 4.39 Å². The Morgan fingerprint density at radius 1 is 1.16 bits per heavy atom. The second-order valence-electron chi connectivity index (χ2n) is 7.58. The van der Waals surface area contributed by atoms with E-state index in [9.17, 15) is 19.1 Å². The zero-order valence-electron chi connectivity index (χ0n) is 17.3. The highest BCUT2D eigenvalue weighted by Gasteiger charge is 2.28. The van der Waals surface area contributed by atoms with Gasteiger partial charge in [0.1, 0.15) is 0 Å². The number of aryl methyl sites for hydroxylation is 2. The molecular formula is C24H21FN2O4. The SMILES string of the molecule is COc1cc2c(cc1F)-c1cn(C)c(=O)cc1[C@H](CC(=O)O)N=C2c1ccc(C)cc1. The molecule has 6 nitrogen and oxygen atoms in total. The highest BCUT2D eigenvalue weighted by atomic mass is 19.1. The van der Waals surface area contributed by atoms with Crippen LogP contribution in [0, 0.1) is 12.7 Å². The Balaban J connectivity index is 2.10. The Morgan fingerprint density at radius 2 is 1.87 bits per heavy atom. The van der Waals surface area contributed by atoms with Gasteiger partial charge >= 0.3 is 5.97 Å². The number of halogens is 1. The second kappa shape index (κ2) is 7.83. The van der Waals surface area contributed by atoms with Gasteiger partial charge in [-0.1, -0.05) is 29.8 Å². The van der Waals surface area contributed by atoms with Crippen LogP contribution in [-0.2, 0) is 11.8 Å². The first kappa shape index (κ1) is 20.5. The molecule has 0 radical (unpaired) electrons. The molecule has 0 saturated carbocycles. The first-order valence-electron chi connectivity index (χ1n) is 9.74. The quantitative estimate of drug-likeness (QED) is 0.695. The van der Waals surface area contributed by atoms with Crippen molar-refractivity contribution in [1.82, 2.24) is 4.57 Å². The lowest BCUT2D eigenvalue weighted by Crippen LogP contribution is -2.18. The normalized spacial score (nSPS) is 14.8. The van der Waals surface area contributed by atoms with E-state index in [1.165, 1.54) is 23.8 Å². The summed E-state index contributed by atoms with van der Waals surface area (Å²) >= 11 is 0. The summed E-state index contributed by atoms with van der Waals surface area (Å²) in [5.74, 6) is -1.54. The smallest absolute Gasteiger partial charge is 0.305 e. The molecule has 2 aromatic carbocycles. The molecule has 4 rings (SSSR count). The molecule has 0 saturated heterocycles. The molecule has 1 aliphatic rings. The number of fused-ring (bicyclic) bond motifs is 3. The largest absolute Gasteiger partial charge is 0.494 e. The Morgan fingerprint density at radius 3 is 2.52 bits per heavy atom. The van der Waals surface area contributed by atoms with Crippen LogP contribution in [-0.4, -0.2) is 28.5 Å². The number of aliphatic carboxylic acids is 1. The molecule has 1 aliphatic heterocycles. The second-order valence-corrected chi connectivity index (χ2v) is 7.58. The van der Waals surface area contributed by atoms with Crippen LogP contribution >= 0.6 is 0 Å². The van der Waals surface area contributed by atoms with Crippen LogP contribution in [0.4, 0.5) is 4.39 Å². The molecule has 0 amide bonds. The number of carboxylic acids is 1. The van der Waals surface area contributed by atoms with E-state index in [4.69, 9.17) is 9.73 Å². The maximum absolute atomic E-state index is 14.7. The number of hydrogen-bond acceptors (Lipinski definition) is 4. The molecule has 0 bridgehead atoms. The molecule has 158 valence electrons. The van der Waals surface area contributed by atoms with Gasteiger partial charge in [0.25, 0.3) is 5.56 Å². The Hall–Kier alpha value is -3.74. The summed E-state index contributed by atoms with van der Waals surface area (Å²) in [6, 6.07) is 11.1. The maximum atomic E-state index is 14.7. The van der Waals surface area contributed by atoms with Gasteiger partial charge in [-0.05, 0) is 30.2 Å². The molecule has 2 heterocycles. The number of hydrogen-bond donors (Lipinski definition) is 1. The number of carboxylic acid groups (broad SMARTS) is 1. The number of pyridine rings is 1. The van der Waals surface area contributed by atoms with Gasteiger partial charge in [0.05, 0.1) is 25.3 Å². The summed E-state index contributed by atoms with van der Waals surface area (Å²) < 4.78 is 21.3. The van der Waals surface area contributed by atoms with Crippen molar-refractivity contribution in [2.75, 3.05) is 7.11 Å². The maximum Gasteiger partial charge on any atom is 0.305 e. The average Bonchev–Trinajstić information content (AvgIpc) is 2.84. The number of carbonyl (C=O) groups is 1. The molecule has 0 fully saturated rings. The van der Waals surface area contributed by atoms with Crippen LogP contribution < -0.4 is 10.3 Å². The lowest BCUT2D eigenvalue weighted by Gasteiger charge is -2.15. The number of rotatable bonds is 4. The van der Waals surface area contributed by atoms with E-state index in [0.29, 0.717) is 28.0 Å². The topological polar surface area (TPSA) is 80.9 Å². The van der Waals surface area contributed by atoms with Gasteiger partial charge in [-0.3, -0.25) is 14.6 Å². The van der Waals surface area contributed by atoms with E-state index in [1.54, 1.807) is 19.3 Å². The van der Waals surface area contributed by atoms with E-state index in [1.807, 2.05) is 31.2 Å². The predicted octanol–water partition coefficient (Wildman–Crippen LogP) is 3.88. The number of aliphatic imine (C=N–C) groups is 1. The highest BCUT2D eigenvalue weighted by Crippen LogP contribution is 2.40. The van der Waals surface area contributed by atoms with Crippen molar-refractivity contribution in [3.63, 3.8) is 0 Å². The third-order valence-electron chi connectivity index (χ3n) is 5.43. The third-order valence-corrected chi connectivity index (χ3v) is 5.43. The first-order valence-corrected chi connectivity index (χ1v) is 9.74. The Bertz CT molecular complexity index is 1280. The molecule has 0 unspecified atom stereocenters. The van der Waals surface area contributed by atoms with Crippen molar-refractivity contribution in [3.8, 4) is 16.9 Å². The molecule has 0 aliphatic carbocycles. The highest BCUT2D eigenvalue weighted by molar-refractivity contribution is 6.17. The summed E-state index contributed by atoms with van der Waals surface area (Å²) in [6.07, 6.45) is 1.30. The zero-order valence-corrected chi connectivity index (χ0v) is 17.3. The van der Waals surface area contributed by atoms with Gasteiger partial charge in [0.2, 0.25) is 0 Å².